The first-order valence-electron chi connectivity index (χ1n) is 6.90. The molecule has 21 heavy (non-hydrogen) atoms. The van der Waals surface area contributed by atoms with Gasteiger partial charge in [-0.25, -0.2) is 0 Å². The van der Waals surface area contributed by atoms with Crippen molar-refractivity contribution in [1.82, 2.24) is 14.7 Å². The second kappa shape index (κ2) is 5.20. The summed E-state index contributed by atoms with van der Waals surface area (Å²) < 4.78 is 6.45. The van der Waals surface area contributed by atoms with E-state index in [1.807, 2.05) is 31.3 Å². The number of ether oxygens (including phenoxy) is 1. The molecule has 6 nitrogen and oxygen atoms in total. The summed E-state index contributed by atoms with van der Waals surface area (Å²) in [5, 5.41) is 5.17. The Morgan fingerprint density at radius 3 is 2.86 bits per heavy atom. The molecule has 1 unspecified atom stereocenters. The lowest BCUT2D eigenvalue weighted by molar-refractivity contribution is -0.144. The Bertz CT molecular complexity index is 707. The highest BCUT2D eigenvalue weighted by atomic mass is 16.5. The van der Waals surface area contributed by atoms with Crippen LogP contribution in [0.4, 0.5) is 0 Å². The van der Waals surface area contributed by atoms with Crippen LogP contribution in [0.15, 0.2) is 24.3 Å². The average Bonchev–Trinajstić information content (AvgIpc) is 3.12. The van der Waals surface area contributed by atoms with Crippen LogP contribution in [0.3, 0.4) is 0 Å². The van der Waals surface area contributed by atoms with Crippen molar-refractivity contribution in [2.45, 2.75) is 6.42 Å². The van der Waals surface area contributed by atoms with Crippen LogP contribution >= 0.6 is 0 Å². The number of benzene rings is 1. The summed E-state index contributed by atoms with van der Waals surface area (Å²) >= 11 is 0. The van der Waals surface area contributed by atoms with Crippen molar-refractivity contribution in [2.75, 3.05) is 20.2 Å². The summed E-state index contributed by atoms with van der Waals surface area (Å²) in [5.74, 6) is -0.608. The van der Waals surface area contributed by atoms with Gasteiger partial charge in [0.15, 0.2) is 5.69 Å². The van der Waals surface area contributed by atoms with Crippen LogP contribution in [0.2, 0.25) is 0 Å². The van der Waals surface area contributed by atoms with Crippen LogP contribution in [0.25, 0.3) is 10.9 Å². The number of methoxy groups -OCH3 is 1. The molecule has 1 aliphatic rings. The van der Waals surface area contributed by atoms with Crippen molar-refractivity contribution in [3.63, 3.8) is 0 Å². The van der Waals surface area contributed by atoms with Crippen LogP contribution in [0.5, 0.6) is 0 Å². The molecule has 1 aromatic heterocycles. The molecule has 0 N–H and O–H groups in total. The number of aromatic nitrogens is 2. The van der Waals surface area contributed by atoms with Crippen molar-refractivity contribution in [3.05, 3.63) is 30.0 Å². The van der Waals surface area contributed by atoms with Gasteiger partial charge >= 0.3 is 5.97 Å². The smallest absolute Gasteiger partial charge is 0.310 e. The number of rotatable bonds is 2. The fraction of sp³-hybridized carbons (Fsp3) is 0.400. The predicted octanol–water partition coefficient (Wildman–Crippen LogP) is 1.21. The highest BCUT2D eigenvalue weighted by Crippen LogP contribution is 2.23. The van der Waals surface area contributed by atoms with Crippen molar-refractivity contribution >= 4 is 22.8 Å². The van der Waals surface area contributed by atoms with Gasteiger partial charge in [-0.15, -0.1) is 0 Å². The number of hydrogen-bond acceptors (Lipinski definition) is 4. The molecular weight excluding hydrogens is 270 g/mol. The van der Waals surface area contributed by atoms with E-state index in [2.05, 4.69) is 5.10 Å². The number of aryl methyl sites for hydroxylation is 1. The minimum absolute atomic E-state index is 0.127. The molecule has 3 rings (SSSR count). The third kappa shape index (κ3) is 2.26. The zero-order chi connectivity index (χ0) is 15.0. The molecule has 1 aromatic carbocycles. The summed E-state index contributed by atoms with van der Waals surface area (Å²) in [6, 6.07) is 7.63. The van der Waals surface area contributed by atoms with Gasteiger partial charge in [0, 0.05) is 25.5 Å². The maximum absolute atomic E-state index is 12.6. The molecule has 1 amide bonds. The van der Waals surface area contributed by atoms with Gasteiger partial charge in [-0.1, -0.05) is 18.2 Å². The third-order valence-corrected chi connectivity index (χ3v) is 3.97. The number of nitrogens with zero attached hydrogens (tertiary/aromatic N) is 3. The normalized spacial score (nSPS) is 18.2. The van der Waals surface area contributed by atoms with Crippen LogP contribution in [0.1, 0.15) is 16.9 Å². The summed E-state index contributed by atoms with van der Waals surface area (Å²) in [4.78, 5) is 25.9. The second-order valence-electron chi connectivity index (χ2n) is 5.25. The predicted molar refractivity (Wildman–Crippen MR) is 76.7 cm³/mol. The first-order valence-corrected chi connectivity index (χ1v) is 6.90. The summed E-state index contributed by atoms with van der Waals surface area (Å²) in [7, 11) is 3.19. The van der Waals surface area contributed by atoms with E-state index in [-0.39, 0.29) is 17.8 Å². The molecule has 2 aromatic rings. The molecular formula is C15H17N3O3. The molecule has 1 fully saturated rings. The molecule has 2 heterocycles. The standard InChI is InChI=1S/C15H17N3O3/c1-17-12-6-4-3-5-11(12)13(16-17)14(19)18-8-7-10(9-18)15(20)21-2/h3-6,10H,7-9H2,1-2H3. The van der Waals surface area contributed by atoms with Crippen molar-refractivity contribution in [1.29, 1.82) is 0 Å². The molecule has 1 atom stereocenters. The Kier molecular flexibility index (Phi) is 3.37. The first-order chi connectivity index (χ1) is 10.1. The third-order valence-electron chi connectivity index (χ3n) is 3.97. The Balaban J connectivity index is 1.87. The van der Waals surface area contributed by atoms with Crippen LogP contribution in [-0.4, -0.2) is 46.8 Å². The number of para-hydroxylation sites is 1. The van der Waals surface area contributed by atoms with E-state index in [4.69, 9.17) is 4.74 Å². The number of amides is 1. The average molecular weight is 287 g/mol. The summed E-state index contributed by atoms with van der Waals surface area (Å²) in [6.07, 6.45) is 0.642. The number of likely N-dealkylation sites (tertiary alicyclic amines) is 1. The van der Waals surface area contributed by atoms with E-state index in [0.29, 0.717) is 25.2 Å². The number of fused-ring (bicyclic) bond motifs is 1. The van der Waals surface area contributed by atoms with Crippen LogP contribution < -0.4 is 0 Å². The number of carbonyl (C=O) groups excluding carboxylic acids is 2. The number of hydrogen-bond donors (Lipinski definition) is 0. The SMILES string of the molecule is COC(=O)C1CCN(C(=O)c2nn(C)c3ccccc23)C1. The van der Waals surface area contributed by atoms with E-state index >= 15 is 0 Å². The van der Waals surface area contributed by atoms with E-state index in [9.17, 15) is 9.59 Å². The fourth-order valence-electron chi connectivity index (χ4n) is 2.83. The lowest BCUT2D eigenvalue weighted by atomic mass is 10.1. The lowest BCUT2D eigenvalue weighted by Crippen LogP contribution is -2.30. The molecule has 0 spiro atoms. The zero-order valence-corrected chi connectivity index (χ0v) is 12.1. The molecule has 0 radical (unpaired) electrons. The molecule has 0 saturated carbocycles. The Morgan fingerprint density at radius 2 is 2.10 bits per heavy atom. The Hall–Kier alpha value is -2.37. The topological polar surface area (TPSA) is 64.4 Å². The van der Waals surface area contributed by atoms with E-state index < -0.39 is 0 Å². The highest BCUT2D eigenvalue weighted by molar-refractivity contribution is 6.05. The Labute approximate surface area is 122 Å². The molecule has 0 aliphatic carbocycles. The zero-order valence-electron chi connectivity index (χ0n) is 12.1. The number of esters is 1. The van der Waals surface area contributed by atoms with Gasteiger partial charge in [-0.3, -0.25) is 14.3 Å². The summed E-state index contributed by atoms with van der Waals surface area (Å²) in [5.41, 5.74) is 1.36. The van der Waals surface area contributed by atoms with Gasteiger partial charge < -0.3 is 9.64 Å². The molecule has 1 saturated heterocycles. The van der Waals surface area contributed by atoms with Crippen LogP contribution in [0, 0.1) is 5.92 Å². The lowest BCUT2D eigenvalue weighted by Gasteiger charge is -2.14. The fourth-order valence-corrected chi connectivity index (χ4v) is 2.83. The van der Waals surface area contributed by atoms with Gasteiger partial charge in [0.2, 0.25) is 0 Å². The van der Waals surface area contributed by atoms with Gasteiger partial charge in [0.1, 0.15) is 0 Å². The van der Waals surface area contributed by atoms with Gasteiger partial charge in [0.05, 0.1) is 18.5 Å². The van der Waals surface area contributed by atoms with Crippen LogP contribution in [-0.2, 0) is 16.6 Å². The number of carbonyl (C=O) groups is 2. The largest absolute Gasteiger partial charge is 0.469 e. The van der Waals surface area contributed by atoms with E-state index in [1.165, 1.54) is 7.11 Å². The second-order valence-corrected chi connectivity index (χ2v) is 5.25. The van der Waals surface area contributed by atoms with Gasteiger partial charge in [0.25, 0.3) is 5.91 Å². The molecule has 110 valence electrons. The van der Waals surface area contributed by atoms with Crippen molar-refractivity contribution < 1.29 is 14.3 Å². The molecule has 0 bridgehead atoms. The molecule has 6 heteroatoms. The molecule has 1 aliphatic heterocycles. The van der Waals surface area contributed by atoms with Gasteiger partial charge in [-0.05, 0) is 12.5 Å². The quantitative estimate of drug-likeness (QED) is 0.779. The highest BCUT2D eigenvalue weighted by Gasteiger charge is 2.33. The van der Waals surface area contributed by atoms with Gasteiger partial charge in [-0.2, -0.15) is 5.10 Å². The van der Waals surface area contributed by atoms with E-state index in [0.717, 1.165) is 10.9 Å². The monoisotopic (exact) mass is 287 g/mol. The van der Waals surface area contributed by atoms with Crippen molar-refractivity contribution in [3.8, 4) is 0 Å². The van der Waals surface area contributed by atoms with E-state index in [1.54, 1.807) is 9.58 Å². The van der Waals surface area contributed by atoms with Crippen molar-refractivity contribution in [2.24, 2.45) is 13.0 Å². The Morgan fingerprint density at radius 1 is 1.33 bits per heavy atom. The first kappa shape index (κ1) is 13.6. The minimum atomic E-state index is -0.254. The summed E-state index contributed by atoms with van der Waals surface area (Å²) in [6.45, 7) is 0.958. The maximum atomic E-state index is 12.6. The minimum Gasteiger partial charge on any atom is -0.469 e. The maximum Gasteiger partial charge on any atom is 0.310 e.